The van der Waals surface area contributed by atoms with E-state index in [9.17, 15) is 15.1 Å². The van der Waals surface area contributed by atoms with Gasteiger partial charge in [0.2, 0.25) is 0 Å². The minimum atomic E-state index is -0.936. The molecule has 3 aromatic heterocycles. The lowest BCUT2D eigenvalue weighted by molar-refractivity contribution is 0.668. The second kappa shape index (κ2) is 13.3. The first kappa shape index (κ1) is 14.5. The molecule has 11 rings (SSSR count). The van der Waals surface area contributed by atoms with E-state index in [2.05, 4.69) is 9.97 Å². The van der Waals surface area contributed by atoms with Gasteiger partial charge in [0, 0.05) is 36.7 Å². The van der Waals surface area contributed by atoms with Gasteiger partial charge in [-0.3, -0.25) is 0 Å². The Balaban J connectivity index is 1.25. The number of thiophene rings is 1. The summed E-state index contributed by atoms with van der Waals surface area (Å²) in [5, 5.41) is -0.572. The van der Waals surface area contributed by atoms with Crippen molar-refractivity contribution in [2.75, 3.05) is 0 Å². The van der Waals surface area contributed by atoms with Gasteiger partial charge in [-0.25, -0.2) is 9.97 Å². The van der Waals surface area contributed by atoms with E-state index in [0.29, 0.717) is 11.3 Å². The largest absolute Gasteiger partial charge is 0.451 e. The van der Waals surface area contributed by atoms with Crippen LogP contribution in [-0.4, -0.2) is 9.97 Å². The van der Waals surface area contributed by atoms with Crippen LogP contribution >= 0.6 is 11.3 Å². The van der Waals surface area contributed by atoms with Crippen LogP contribution in [0.4, 0.5) is 0 Å². The van der Waals surface area contributed by atoms with Gasteiger partial charge in [-0.2, -0.15) is 0 Å². The summed E-state index contributed by atoms with van der Waals surface area (Å²) in [5.41, 5.74) is -7.74. The Bertz CT molecular complexity index is 4840. The van der Waals surface area contributed by atoms with Crippen LogP contribution in [0.2, 0.25) is 0 Å². The number of furan rings is 1. The van der Waals surface area contributed by atoms with Crippen molar-refractivity contribution >= 4 is 53.6 Å². The first-order valence-electron chi connectivity index (χ1n) is 30.9. The quantitative estimate of drug-likeness (QED) is 0.169. The first-order valence-corrected chi connectivity index (χ1v) is 17.3. The standard InChI is InChI=1S/C52H32N2OS/c1-3-11-33(12-4-1)35-21-23-37(24-22-35)41-30-45(38-27-25-36(26-28-38)34-13-5-2-6-14-34)50-46(31-41)49-51(55-50)48(53-32-54-49)40-16-9-15-39(29-40)42-18-10-19-44-43-17-7-8-20-47(43)56-52(42)44/h1-32H/i1D,2D,3D,4D,5D,6D,7D,8D,9D,10D,11D,12D,13D,14D,15D,16D,17D,18D,19D,20D,21D,22D,23D,24D,25D,26D,27D,28D,29D. The molecule has 3 nitrogen and oxygen atoms in total. The van der Waals surface area contributed by atoms with Crippen molar-refractivity contribution in [1.29, 1.82) is 0 Å². The van der Waals surface area contributed by atoms with Gasteiger partial charge in [-0.1, -0.05) is 163 Å². The van der Waals surface area contributed by atoms with E-state index in [1.54, 1.807) is 0 Å². The number of hydrogen-bond acceptors (Lipinski definition) is 4. The minimum absolute atomic E-state index is 0.0828. The molecule has 0 aliphatic carbocycles. The lowest BCUT2D eigenvalue weighted by Gasteiger charge is -2.10. The summed E-state index contributed by atoms with van der Waals surface area (Å²) >= 11 is 0.688. The zero-order chi connectivity index (χ0) is 62.2. The molecule has 0 N–H and O–H groups in total. The van der Waals surface area contributed by atoms with Gasteiger partial charge >= 0.3 is 0 Å². The molecule has 11 aromatic rings. The van der Waals surface area contributed by atoms with Crippen molar-refractivity contribution in [3.05, 3.63) is 194 Å². The summed E-state index contributed by atoms with van der Waals surface area (Å²) in [4.78, 5) is 8.78. The van der Waals surface area contributed by atoms with Crippen LogP contribution in [0.25, 0.3) is 109 Å². The summed E-state index contributed by atoms with van der Waals surface area (Å²) < 4.78 is 263. The third kappa shape index (κ3) is 5.50. The molecule has 3 heterocycles. The predicted molar refractivity (Wildman–Crippen MR) is 235 cm³/mol. The maximum absolute atomic E-state index is 9.78. The maximum atomic E-state index is 9.78. The summed E-state index contributed by atoms with van der Waals surface area (Å²) in [7, 11) is 0. The van der Waals surface area contributed by atoms with E-state index in [4.69, 9.17) is 29.1 Å². The molecule has 0 aliphatic rings. The predicted octanol–water partition coefficient (Wildman–Crippen LogP) is 14.7. The summed E-state index contributed by atoms with van der Waals surface area (Å²) in [5.74, 6) is 0. The summed E-state index contributed by atoms with van der Waals surface area (Å²) in [6.45, 7) is 0. The molecule has 0 spiro atoms. The number of rotatable bonds is 6. The van der Waals surface area contributed by atoms with Crippen molar-refractivity contribution in [3.8, 4) is 66.9 Å². The zero-order valence-electron chi connectivity index (χ0n) is 56.9. The van der Waals surface area contributed by atoms with E-state index < -0.39 is 248 Å². The molecule has 0 fully saturated rings. The topological polar surface area (TPSA) is 38.9 Å². The van der Waals surface area contributed by atoms with Crippen LogP contribution in [0.1, 0.15) is 39.8 Å². The van der Waals surface area contributed by atoms with E-state index in [1.807, 2.05) is 0 Å². The number of nitrogens with zero attached hydrogens (tertiary/aromatic N) is 2. The molecule has 56 heavy (non-hydrogen) atoms. The van der Waals surface area contributed by atoms with Gasteiger partial charge < -0.3 is 4.42 Å². The molecular weight excluding hydrogens is 701 g/mol. The van der Waals surface area contributed by atoms with Crippen LogP contribution in [0.15, 0.2) is 198 Å². The smallest absolute Gasteiger partial charge is 0.180 e. The van der Waals surface area contributed by atoms with Crippen LogP contribution in [0, 0.1) is 0 Å². The Morgan fingerprint density at radius 3 is 1.71 bits per heavy atom. The average Bonchev–Trinajstić information content (AvgIpc) is 1.77. The molecule has 8 aromatic carbocycles. The Kier molecular flexibility index (Phi) is 3.45. The molecule has 0 atom stereocenters. The third-order valence-corrected chi connectivity index (χ3v) is 9.83. The van der Waals surface area contributed by atoms with Crippen molar-refractivity contribution in [2.24, 2.45) is 0 Å². The fourth-order valence-electron chi connectivity index (χ4n) is 6.18. The third-order valence-electron chi connectivity index (χ3n) is 8.71. The van der Waals surface area contributed by atoms with Crippen molar-refractivity contribution in [2.45, 2.75) is 0 Å². The summed E-state index contributed by atoms with van der Waals surface area (Å²) in [6, 6.07) is -21.1. The Morgan fingerprint density at radius 2 is 0.982 bits per heavy atom. The Morgan fingerprint density at radius 1 is 0.411 bits per heavy atom. The highest BCUT2D eigenvalue weighted by Gasteiger charge is 2.20. The highest BCUT2D eigenvalue weighted by Crippen LogP contribution is 2.44. The lowest BCUT2D eigenvalue weighted by atomic mass is 9.94. The average molecular weight is 762 g/mol. The molecule has 4 heteroatoms. The molecule has 0 saturated carbocycles. The molecule has 262 valence electrons. The Labute approximate surface area is 368 Å². The van der Waals surface area contributed by atoms with Gasteiger partial charge in [0.1, 0.15) is 23.1 Å². The number of benzene rings is 8. The van der Waals surface area contributed by atoms with Crippen molar-refractivity contribution in [3.63, 3.8) is 0 Å². The van der Waals surface area contributed by atoms with Crippen LogP contribution in [0.3, 0.4) is 0 Å². The van der Waals surface area contributed by atoms with Crippen LogP contribution in [0.5, 0.6) is 0 Å². The lowest BCUT2D eigenvalue weighted by Crippen LogP contribution is -1.88. The molecule has 0 aliphatic heterocycles. The van der Waals surface area contributed by atoms with Gasteiger partial charge in [0.15, 0.2) is 5.58 Å². The Hall–Kier alpha value is -7.14. The fourth-order valence-corrected chi connectivity index (χ4v) is 7.25. The van der Waals surface area contributed by atoms with Crippen LogP contribution in [-0.2, 0) is 0 Å². The number of fused-ring (bicyclic) bond motifs is 6. The zero-order valence-corrected chi connectivity index (χ0v) is 28.8. The monoisotopic (exact) mass is 761 g/mol. The fraction of sp³-hybridized carbons (Fsp3) is 0. The van der Waals surface area contributed by atoms with Crippen molar-refractivity contribution in [1.82, 2.24) is 9.97 Å². The number of aromatic nitrogens is 2. The van der Waals surface area contributed by atoms with Crippen LogP contribution < -0.4 is 0 Å². The highest BCUT2D eigenvalue weighted by atomic mass is 32.1. The second-order valence-corrected chi connectivity index (χ2v) is 12.9. The van der Waals surface area contributed by atoms with E-state index >= 15 is 0 Å². The molecule has 0 bridgehead atoms. The normalized spacial score (nSPS) is 18.8. The van der Waals surface area contributed by atoms with Gasteiger partial charge in [0.25, 0.3) is 0 Å². The SMILES string of the molecule is [2H]c1c([2H])c([2H])c(-c2c([2H])c([2H])c(-c3cc(-c4c([2H])c([2H])c(-c5c([2H])c([2H])c([2H])c([2H])c5[2H])c([2H])c4[2H])c4oc5c(-c6c([2H])c([2H])c([2H])c(-c7c([2H])c([2H])c([2H])c8c7sc7c([2H])c([2H])c([2H])c([2H])c78)c6[2H])ncnc5c4c3)c([2H])c2[2H])c([2H])c1[2H]. The molecule has 0 unspecified atom stereocenters. The molecule has 0 saturated heterocycles. The van der Waals surface area contributed by atoms with E-state index in [1.165, 1.54) is 6.07 Å². The molecular formula is C52H32N2OS. The van der Waals surface area contributed by atoms with E-state index in [-0.39, 0.29) is 36.6 Å². The molecule has 0 amide bonds. The van der Waals surface area contributed by atoms with Crippen molar-refractivity contribution < 1.29 is 44.2 Å². The first-order chi connectivity index (χ1) is 39.8. The number of hydrogen-bond donors (Lipinski definition) is 0. The minimum Gasteiger partial charge on any atom is -0.451 e. The van der Waals surface area contributed by atoms with Gasteiger partial charge in [0.05, 0.1) is 39.8 Å². The van der Waals surface area contributed by atoms with Gasteiger partial charge in [-0.05, 0) is 74.3 Å². The summed E-state index contributed by atoms with van der Waals surface area (Å²) in [6.07, 6.45) is 0.921. The van der Waals surface area contributed by atoms with Gasteiger partial charge in [-0.15, -0.1) is 11.3 Å². The van der Waals surface area contributed by atoms with E-state index in [0.717, 1.165) is 12.4 Å². The molecule has 0 radical (unpaired) electrons. The maximum Gasteiger partial charge on any atom is 0.180 e. The highest BCUT2D eigenvalue weighted by molar-refractivity contribution is 7.26. The second-order valence-electron chi connectivity index (χ2n) is 11.9.